The fraction of sp³-hybridized carbons (Fsp3) is 0.500. The molecule has 152 valence electrons. The van der Waals surface area contributed by atoms with Gasteiger partial charge >= 0.3 is 0 Å². The van der Waals surface area contributed by atoms with Crippen molar-refractivity contribution in [2.45, 2.75) is 6.42 Å². The quantitative estimate of drug-likeness (QED) is 0.705. The molecule has 9 nitrogen and oxygen atoms in total. The Kier molecular flexibility index (Phi) is 7.01. The molecule has 0 spiro atoms. The summed E-state index contributed by atoms with van der Waals surface area (Å²) in [6.45, 7) is 4.31. The number of methoxy groups -OCH3 is 3. The fourth-order valence-electron chi connectivity index (χ4n) is 2.87. The molecule has 0 radical (unpaired) electrons. The van der Waals surface area contributed by atoms with Crippen molar-refractivity contribution in [1.29, 1.82) is 0 Å². The molecule has 0 saturated carbocycles. The number of nitrogens with zero attached hydrogens (tertiary/aromatic N) is 3. The molecule has 2 heterocycles. The lowest BCUT2D eigenvalue weighted by molar-refractivity contribution is 0.0384. The summed E-state index contributed by atoms with van der Waals surface area (Å²) in [5, 5.41) is 12.4. The normalized spacial score (nSPS) is 14.5. The largest absolute Gasteiger partial charge is 0.493 e. The second kappa shape index (κ2) is 9.67. The zero-order chi connectivity index (χ0) is 19.9. The van der Waals surface area contributed by atoms with Crippen molar-refractivity contribution in [3.05, 3.63) is 22.7 Å². The van der Waals surface area contributed by atoms with E-state index < -0.39 is 0 Å². The highest BCUT2D eigenvalue weighted by Gasteiger charge is 2.18. The summed E-state index contributed by atoms with van der Waals surface area (Å²) >= 11 is 1.37. The van der Waals surface area contributed by atoms with Gasteiger partial charge in [0.2, 0.25) is 10.9 Å². The molecule has 1 N–H and O–H groups in total. The number of morpholine rings is 1. The van der Waals surface area contributed by atoms with Crippen molar-refractivity contribution in [2.24, 2.45) is 0 Å². The van der Waals surface area contributed by atoms with E-state index in [4.69, 9.17) is 18.9 Å². The van der Waals surface area contributed by atoms with Gasteiger partial charge in [0, 0.05) is 31.6 Å². The zero-order valence-electron chi connectivity index (χ0n) is 16.2. The van der Waals surface area contributed by atoms with E-state index in [9.17, 15) is 4.79 Å². The van der Waals surface area contributed by atoms with Crippen molar-refractivity contribution in [3.8, 4) is 17.2 Å². The molecule has 0 atom stereocenters. The number of ether oxygens (including phenoxy) is 4. The van der Waals surface area contributed by atoms with E-state index in [-0.39, 0.29) is 5.91 Å². The molecule has 2 aromatic rings. The molecular weight excluding hydrogens is 384 g/mol. The lowest BCUT2D eigenvalue weighted by atomic mass is 10.1. The van der Waals surface area contributed by atoms with Crippen LogP contribution in [0.25, 0.3) is 0 Å². The summed E-state index contributed by atoms with van der Waals surface area (Å²) in [5.41, 5.74) is 0.375. The van der Waals surface area contributed by atoms with Crippen molar-refractivity contribution in [3.63, 3.8) is 0 Å². The molecule has 1 aromatic carbocycles. The number of hydrogen-bond acceptors (Lipinski definition) is 9. The third-order valence-electron chi connectivity index (χ3n) is 4.36. The van der Waals surface area contributed by atoms with E-state index in [1.807, 2.05) is 0 Å². The molecule has 0 unspecified atom stereocenters. The zero-order valence-corrected chi connectivity index (χ0v) is 17.0. The summed E-state index contributed by atoms with van der Waals surface area (Å²) in [7, 11) is 4.52. The first-order valence-corrected chi connectivity index (χ1v) is 9.70. The van der Waals surface area contributed by atoms with E-state index in [1.165, 1.54) is 32.7 Å². The molecule has 1 aliphatic heterocycles. The lowest BCUT2D eigenvalue weighted by Gasteiger charge is -2.25. The van der Waals surface area contributed by atoms with Crippen molar-refractivity contribution < 1.29 is 23.7 Å². The smallest absolute Gasteiger partial charge is 0.257 e. The van der Waals surface area contributed by atoms with Gasteiger partial charge in [-0.05, 0) is 12.1 Å². The maximum absolute atomic E-state index is 12.6. The third kappa shape index (κ3) is 4.89. The summed E-state index contributed by atoms with van der Waals surface area (Å²) in [6.07, 6.45) is 0.789. The molecule has 0 bridgehead atoms. The van der Waals surface area contributed by atoms with Gasteiger partial charge in [0.25, 0.3) is 5.91 Å². The van der Waals surface area contributed by atoms with Crippen molar-refractivity contribution >= 4 is 22.4 Å². The maximum Gasteiger partial charge on any atom is 0.257 e. The van der Waals surface area contributed by atoms with E-state index >= 15 is 0 Å². The molecule has 1 saturated heterocycles. The summed E-state index contributed by atoms with van der Waals surface area (Å²) in [6, 6.07) is 3.19. The Balaban J connectivity index is 1.64. The van der Waals surface area contributed by atoms with Gasteiger partial charge in [-0.15, -0.1) is 10.2 Å². The second-order valence-electron chi connectivity index (χ2n) is 6.07. The van der Waals surface area contributed by atoms with Gasteiger partial charge in [0.05, 0.1) is 34.5 Å². The summed E-state index contributed by atoms with van der Waals surface area (Å²) < 4.78 is 21.2. The first kappa shape index (κ1) is 20.3. The Morgan fingerprint density at radius 2 is 1.82 bits per heavy atom. The average Bonchev–Trinajstić information content (AvgIpc) is 3.19. The first-order chi connectivity index (χ1) is 13.6. The van der Waals surface area contributed by atoms with Crippen LogP contribution in [0, 0.1) is 0 Å². The van der Waals surface area contributed by atoms with Gasteiger partial charge in [0.15, 0.2) is 11.5 Å². The van der Waals surface area contributed by atoms with Gasteiger partial charge in [-0.25, -0.2) is 0 Å². The van der Waals surface area contributed by atoms with Crippen LogP contribution in [0.5, 0.6) is 17.2 Å². The van der Waals surface area contributed by atoms with Crippen LogP contribution in [0.2, 0.25) is 0 Å². The number of aromatic nitrogens is 2. The van der Waals surface area contributed by atoms with E-state index in [1.54, 1.807) is 12.1 Å². The number of rotatable bonds is 8. The van der Waals surface area contributed by atoms with Crippen molar-refractivity contribution in [2.75, 3.05) is 59.5 Å². The van der Waals surface area contributed by atoms with Gasteiger partial charge in [-0.1, -0.05) is 11.3 Å². The first-order valence-electron chi connectivity index (χ1n) is 8.88. The Bertz CT molecular complexity index is 782. The number of amides is 1. The molecular formula is C18H24N4O5S. The molecule has 0 aliphatic carbocycles. The number of carbonyl (C=O) groups is 1. The maximum atomic E-state index is 12.6. The summed E-state index contributed by atoms with van der Waals surface area (Å²) in [4.78, 5) is 15.0. The minimum absolute atomic E-state index is 0.324. The van der Waals surface area contributed by atoms with Crippen LogP contribution in [0.4, 0.5) is 5.13 Å². The van der Waals surface area contributed by atoms with Crippen LogP contribution in [0.3, 0.4) is 0 Å². The van der Waals surface area contributed by atoms with E-state index in [2.05, 4.69) is 20.4 Å². The average molecular weight is 408 g/mol. The molecule has 10 heteroatoms. The van der Waals surface area contributed by atoms with E-state index in [0.717, 1.165) is 44.3 Å². The van der Waals surface area contributed by atoms with Crippen LogP contribution in [-0.2, 0) is 11.2 Å². The molecule has 1 aromatic heterocycles. The van der Waals surface area contributed by atoms with Crippen LogP contribution < -0.4 is 19.5 Å². The summed E-state index contributed by atoms with van der Waals surface area (Å²) in [5.74, 6) is 0.934. The topological polar surface area (TPSA) is 95.0 Å². The van der Waals surface area contributed by atoms with Crippen LogP contribution in [-0.4, -0.2) is 75.2 Å². The number of carbonyl (C=O) groups excluding carboxylic acids is 1. The predicted molar refractivity (Wildman–Crippen MR) is 105 cm³/mol. The molecule has 1 amide bonds. The third-order valence-corrected chi connectivity index (χ3v) is 5.26. The standard InChI is InChI=1S/C18H24N4O5S/c1-24-13-10-12(11-14(25-2)16(13)26-3)17(23)19-18-21-20-15(28-18)4-5-22-6-8-27-9-7-22/h10-11H,4-9H2,1-3H3,(H,19,21,23). The highest BCUT2D eigenvalue weighted by molar-refractivity contribution is 7.15. The number of benzene rings is 1. The molecule has 3 rings (SSSR count). The minimum Gasteiger partial charge on any atom is -0.493 e. The highest BCUT2D eigenvalue weighted by Crippen LogP contribution is 2.38. The van der Waals surface area contributed by atoms with Crippen LogP contribution in [0.1, 0.15) is 15.4 Å². The van der Waals surface area contributed by atoms with Gasteiger partial charge < -0.3 is 18.9 Å². The van der Waals surface area contributed by atoms with E-state index in [0.29, 0.717) is 27.9 Å². The number of hydrogen-bond donors (Lipinski definition) is 1. The fourth-order valence-corrected chi connectivity index (χ4v) is 3.59. The van der Waals surface area contributed by atoms with Crippen molar-refractivity contribution in [1.82, 2.24) is 15.1 Å². The predicted octanol–water partition coefficient (Wildman–Crippen LogP) is 1.69. The number of anilines is 1. The highest BCUT2D eigenvalue weighted by atomic mass is 32.1. The minimum atomic E-state index is -0.324. The van der Waals surface area contributed by atoms with Gasteiger partial charge in [-0.3, -0.25) is 15.0 Å². The molecule has 1 aliphatic rings. The second-order valence-corrected chi connectivity index (χ2v) is 7.14. The number of nitrogens with one attached hydrogen (secondary N) is 1. The Labute approximate surface area is 167 Å². The van der Waals surface area contributed by atoms with Gasteiger partial charge in [-0.2, -0.15) is 0 Å². The Hall–Kier alpha value is -2.43. The molecule has 1 fully saturated rings. The monoisotopic (exact) mass is 408 g/mol. The van der Waals surface area contributed by atoms with Gasteiger partial charge in [0.1, 0.15) is 5.01 Å². The lowest BCUT2D eigenvalue weighted by Crippen LogP contribution is -2.37. The Morgan fingerprint density at radius 3 is 2.43 bits per heavy atom. The molecule has 28 heavy (non-hydrogen) atoms. The Morgan fingerprint density at radius 1 is 1.14 bits per heavy atom. The SMILES string of the molecule is COc1cc(C(=O)Nc2nnc(CCN3CCOCC3)s2)cc(OC)c1OC. The van der Waals surface area contributed by atoms with Crippen LogP contribution in [0.15, 0.2) is 12.1 Å². The van der Waals surface area contributed by atoms with Crippen LogP contribution >= 0.6 is 11.3 Å².